The van der Waals surface area contributed by atoms with Crippen molar-refractivity contribution in [2.24, 2.45) is 0 Å². The van der Waals surface area contributed by atoms with Gasteiger partial charge in [0.1, 0.15) is 23.8 Å². The van der Waals surface area contributed by atoms with Crippen LogP contribution in [-0.4, -0.2) is 45.6 Å². The number of halogens is 1. The zero-order valence-electron chi connectivity index (χ0n) is 13.2. The Morgan fingerprint density at radius 3 is 2.62 bits per heavy atom. The molecule has 0 radical (unpaired) electrons. The Hall–Kier alpha value is -2.51. The largest absolute Gasteiger partial charge is 0.383 e. The van der Waals surface area contributed by atoms with Crippen molar-refractivity contribution < 1.29 is 10.1 Å². The molecule has 1 aromatic carbocycles. The fourth-order valence-electron chi connectivity index (χ4n) is 2.66. The van der Waals surface area contributed by atoms with E-state index in [2.05, 4.69) is 9.97 Å². The fourth-order valence-corrected chi connectivity index (χ4v) is 2.78. The number of hydrogen-bond donors (Lipinski definition) is 3. The van der Waals surface area contributed by atoms with Crippen LogP contribution in [0, 0.1) is 5.41 Å². The molecule has 24 heavy (non-hydrogen) atoms. The zero-order valence-corrected chi connectivity index (χ0v) is 13.9. The first kappa shape index (κ1) is 16.4. The number of amides is 1. The standard InChI is InChI=1S/C16H17ClN6O/c1-9(24)23-6-12(7-23)22-16-13(15(19)20-8-21-16)14(18)10-2-4-11(17)5-3-10/h2-5,8,12,18H,6-7H2,1H3,(H3,19,20,21,22)/p+1. The van der Waals surface area contributed by atoms with Gasteiger partial charge in [0.15, 0.2) is 0 Å². The van der Waals surface area contributed by atoms with Gasteiger partial charge in [-0.15, -0.1) is 0 Å². The van der Waals surface area contributed by atoms with Crippen molar-refractivity contribution in [2.45, 2.75) is 13.0 Å². The molecule has 124 valence electrons. The topological polar surface area (TPSA) is 113 Å². The Balaban J connectivity index is 1.84. The van der Waals surface area contributed by atoms with Crippen molar-refractivity contribution in [3.63, 3.8) is 0 Å². The molecule has 8 heteroatoms. The molecule has 1 amide bonds. The number of carbonyl (C=O) groups is 1. The van der Waals surface area contributed by atoms with Gasteiger partial charge < -0.3 is 10.6 Å². The van der Waals surface area contributed by atoms with Gasteiger partial charge in [0, 0.05) is 17.5 Å². The van der Waals surface area contributed by atoms with E-state index in [9.17, 15) is 4.79 Å². The zero-order chi connectivity index (χ0) is 17.3. The number of carbonyl (C=O) groups excluding carboxylic acids is 1. The molecule has 1 aromatic heterocycles. The number of hydrogen-bond acceptors (Lipinski definition) is 5. The molecule has 2 heterocycles. The summed E-state index contributed by atoms with van der Waals surface area (Å²) in [6, 6.07) is 7.19. The van der Waals surface area contributed by atoms with E-state index in [0.717, 1.165) is 0 Å². The molecule has 0 saturated carbocycles. The van der Waals surface area contributed by atoms with E-state index in [0.29, 0.717) is 35.1 Å². The van der Waals surface area contributed by atoms with Crippen LogP contribution >= 0.6 is 11.6 Å². The molecule has 3 rings (SSSR count). The lowest BCUT2D eigenvalue weighted by molar-refractivity contribution is -0.626. The minimum atomic E-state index is 0.0657. The third kappa shape index (κ3) is 3.22. The third-order valence-electron chi connectivity index (χ3n) is 4.04. The first-order valence-electron chi connectivity index (χ1n) is 7.51. The Morgan fingerprint density at radius 1 is 1.33 bits per heavy atom. The summed E-state index contributed by atoms with van der Waals surface area (Å²) in [5.74, 6) is 0.950. The second-order valence-electron chi connectivity index (χ2n) is 5.75. The van der Waals surface area contributed by atoms with Gasteiger partial charge in [-0.25, -0.2) is 4.98 Å². The summed E-state index contributed by atoms with van der Waals surface area (Å²) in [4.78, 5) is 21.3. The van der Waals surface area contributed by atoms with Crippen molar-refractivity contribution in [2.75, 3.05) is 18.8 Å². The minimum absolute atomic E-state index is 0.0657. The van der Waals surface area contributed by atoms with Crippen LogP contribution in [0.2, 0.25) is 5.02 Å². The second kappa shape index (κ2) is 6.54. The highest BCUT2D eigenvalue weighted by molar-refractivity contribution is 6.30. The maximum atomic E-state index is 11.3. The van der Waals surface area contributed by atoms with E-state index in [1.165, 1.54) is 6.33 Å². The van der Waals surface area contributed by atoms with Crippen molar-refractivity contribution in [1.29, 1.82) is 5.41 Å². The lowest BCUT2D eigenvalue weighted by Crippen LogP contribution is -2.93. The SMILES string of the molecule is CC(=O)N1CC([NH2+]c2ncnc(N)c2C(=N)c2ccc(Cl)cc2)C1. The molecule has 0 spiro atoms. The van der Waals surface area contributed by atoms with E-state index in [-0.39, 0.29) is 23.5 Å². The number of nitrogen functional groups attached to an aromatic ring is 1. The number of quaternary nitrogens is 1. The minimum Gasteiger partial charge on any atom is -0.383 e. The molecular formula is C16H18ClN6O+. The Morgan fingerprint density at radius 2 is 2.00 bits per heavy atom. The van der Waals surface area contributed by atoms with Crippen molar-refractivity contribution in [3.05, 3.63) is 46.7 Å². The van der Waals surface area contributed by atoms with Gasteiger partial charge in [-0.1, -0.05) is 23.7 Å². The monoisotopic (exact) mass is 345 g/mol. The smallest absolute Gasteiger partial charge is 0.239 e. The van der Waals surface area contributed by atoms with Crippen LogP contribution in [0.1, 0.15) is 18.1 Å². The molecule has 2 aromatic rings. The molecule has 1 aliphatic rings. The summed E-state index contributed by atoms with van der Waals surface area (Å²) >= 11 is 5.90. The van der Waals surface area contributed by atoms with E-state index < -0.39 is 0 Å². The summed E-state index contributed by atoms with van der Waals surface area (Å²) in [5.41, 5.74) is 7.44. The summed E-state index contributed by atoms with van der Waals surface area (Å²) in [6.07, 6.45) is 1.39. The van der Waals surface area contributed by atoms with Crippen LogP contribution in [0.5, 0.6) is 0 Å². The van der Waals surface area contributed by atoms with Gasteiger partial charge in [0.05, 0.1) is 18.8 Å². The maximum absolute atomic E-state index is 11.3. The second-order valence-corrected chi connectivity index (χ2v) is 6.19. The normalized spacial score (nSPS) is 14.3. The number of nitrogens with two attached hydrogens (primary N) is 2. The first-order chi connectivity index (χ1) is 11.5. The number of likely N-dealkylation sites (tertiary alicyclic amines) is 1. The lowest BCUT2D eigenvalue weighted by Gasteiger charge is -2.36. The molecule has 7 nitrogen and oxygen atoms in total. The number of aromatic nitrogens is 2. The molecule has 1 saturated heterocycles. The molecule has 5 N–H and O–H groups in total. The average molecular weight is 346 g/mol. The van der Waals surface area contributed by atoms with Crippen LogP contribution in [0.25, 0.3) is 0 Å². The molecule has 0 unspecified atom stereocenters. The average Bonchev–Trinajstić information content (AvgIpc) is 2.50. The molecule has 1 fully saturated rings. The van der Waals surface area contributed by atoms with Crippen LogP contribution in [-0.2, 0) is 4.79 Å². The number of nitrogens with zero attached hydrogens (tertiary/aromatic N) is 3. The summed E-state index contributed by atoms with van der Waals surface area (Å²) in [6.45, 7) is 2.88. The van der Waals surface area contributed by atoms with Gasteiger partial charge in [-0.3, -0.25) is 15.5 Å². The fraction of sp³-hybridized carbons (Fsp3) is 0.250. The number of benzene rings is 1. The van der Waals surface area contributed by atoms with E-state index in [1.807, 2.05) is 5.32 Å². The summed E-state index contributed by atoms with van der Waals surface area (Å²) in [7, 11) is 0. The Labute approximate surface area is 144 Å². The molecule has 0 bridgehead atoms. The highest BCUT2D eigenvalue weighted by atomic mass is 35.5. The quantitative estimate of drug-likeness (QED) is 0.702. The predicted molar refractivity (Wildman–Crippen MR) is 91.5 cm³/mol. The van der Waals surface area contributed by atoms with Gasteiger partial charge >= 0.3 is 0 Å². The number of nitrogens with one attached hydrogen (secondary N) is 1. The number of rotatable bonds is 4. The van der Waals surface area contributed by atoms with Crippen LogP contribution in [0.15, 0.2) is 30.6 Å². The van der Waals surface area contributed by atoms with Gasteiger partial charge in [-0.05, 0) is 12.1 Å². The molecule has 0 aliphatic carbocycles. The van der Waals surface area contributed by atoms with Crippen LogP contribution < -0.4 is 11.1 Å². The van der Waals surface area contributed by atoms with E-state index in [1.54, 1.807) is 36.1 Å². The van der Waals surface area contributed by atoms with Gasteiger partial charge in [0.25, 0.3) is 0 Å². The predicted octanol–water partition coefficient (Wildman–Crippen LogP) is 0.554. The molecular weight excluding hydrogens is 328 g/mol. The van der Waals surface area contributed by atoms with Crippen LogP contribution in [0.3, 0.4) is 0 Å². The highest BCUT2D eigenvalue weighted by Gasteiger charge is 2.33. The Bertz CT molecular complexity index is 786. The van der Waals surface area contributed by atoms with Crippen molar-refractivity contribution >= 4 is 34.9 Å². The van der Waals surface area contributed by atoms with Gasteiger partial charge in [0.2, 0.25) is 11.7 Å². The molecule has 1 aliphatic heterocycles. The molecule has 0 atom stereocenters. The van der Waals surface area contributed by atoms with Crippen molar-refractivity contribution in [3.8, 4) is 0 Å². The van der Waals surface area contributed by atoms with Crippen LogP contribution in [0.4, 0.5) is 11.6 Å². The summed E-state index contributed by atoms with van der Waals surface area (Å²) < 4.78 is 0. The first-order valence-corrected chi connectivity index (χ1v) is 7.89. The maximum Gasteiger partial charge on any atom is 0.239 e. The third-order valence-corrected chi connectivity index (χ3v) is 4.29. The van der Waals surface area contributed by atoms with E-state index in [4.69, 9.17) is 22.7 Å². The van der Waals surface area contributed by atoms with Crippen molar-refractivity contribution in [1.82, 2.24) is 14.9 Å². The summed E-state index contributed by atoms with van der Waals surface area (Å²) in [5, 5.41) is 11.0. The van der Waals surface area contributed by atoms with Gasteiger partial charge in [-0.2, -0.15) is 4.98 Å². The highest BCUT2D eigenvalue weighted by Crippen LogP contribution is 2.20. The van der Waals surface area contributed by atoms with E-state index >= 15 is 0 Å². The Kier molecular flexibility index (Phi) is 4.46. The number of anilines is 1. The lowest BCUT2D eigenvalue weighted by atomic mass is 10.0.